The van der Waals surface area contributed by atoms with Crippen LogP contribution in [0.3, 0.4) is 0 Å². The third kappa shape index (κ3) is 5.20. The lowest BCUT2D eigenvalue weighted by atomic mass is 10.2. The van der Waals surface area contributed by atoms with Gasteiger partial charge < -0.3 is 10.1 Å². The van der Waals surface area contributed by atoms with E-state index in [4.69, 9.17) is 27.9 Å². The highest BCUT2D eigenvalue weighted by Crippen LogP contribution is 2.16. The molecule has 2 aromatic heterocycles. The Kier molecular flexibility index (Phi) is 6.02. The summed E-state index contributed by atoms with van der Waals surface area (Å²) >= 11 is 11.8. The molecule has 9 heteroatoms. The number of rotatable bonds is 7. The van der Waals surface area contributed by atoms with Gasteiger partial charge in [-0.2, -0.15) is 10.2 Å². The summed E-state index contributed by atoms with van der Waals surface area (Å²) in [5.41, 5.74) is 1.32. The Morgan fingerprint density at radius 1 is 0.867 bits per heavy atom. The second-order valence-corrected chi connectivity index (χ2v) is 7.32. The number of amides is 1. The van der Waals surface area contributed by atoms with Gasteiger partial charge in [-0.15, -0.1) is 0 Å². The molecular weight excluding hydrogens is 425 g/mol. The average molecular weight is 442 g/mol. The first-order chi connectivity index (χ1) is 14.5. The Labute approximate surface area is 182 Å². The fourth-order valence-electron chi connectivity index (χ4n) is 2.70. The fraction of sp³-hybridized carbons (Fsp3) is 0.0952. The fourth-order valence-corrected chi connectivity index (χ4v) is 2.95. The van der Waals surface area contributed by atoms with Gasteiger partial charge in [0.15, 0.2) is 18.2 Å². The molecule has 1 amide bonds. The van der Waals surface area contributed by atoms with Crippen molar-refractivity contribution < 1.29 is 9.53 Å². The molecular formula is C21H17Cl2N5O2. The van der Waals surface area contributed by atoms with E-state index in [9.17, 15) is 4.79 Å². The van der Waals surface area contributed by atoms with Gasteiger partial charge in [-0.1, -0.05) is 35.3 Å². The molecule has 7 nitrogen and oxygen atoms in total. The highest BCUT2D eigenvalue weighted by molar-refractivity contribution is 6.30. The van der Waals surface area contributed by atoms with E-state index < -0.39 is 0 Å². The van der Waals surface area contributed by atoms with Crippen LogP contribution in [0.15, 0.2) is 73.1 Å². The van der Waals surface area contributed by atoms with Crippen molar-refractivity contribution in [2.24, 2.45) is 0 Å². The van der Waals surface area contributed by atoms with Gasteiger partial charge in [0.2, 0.25) is 0 Å². The number of carbonyl (C=O) groups is 1. The Bertz CT molecular complexity index is 1140. The maximum atomic E-state index is 12.4. The molecule has 0 aliphatic carbocycles. The number of hydrogen-bond donors (Lipinski definition) is 1. The number of anilines is 1. The summed E-state index contributed by atoms with van der Waals surface area (Å²) in [7, 11) is 0. The zero-order chi connectivity index (χ0) is 20.9. The number of nitrogens with zero attached hydrogens (tertiary/aromatic N) is 4. The Morgan fingerprint density at radius 2 is 1.53 bits per heavy atom. The largest absolute Gasteiger partial charge is 0.471 e. The minimum Gasteiger partial charge on any atom is -0.471 e. The first kappa shape index (κ1) is 20.0. The van der Waals surface area contributed by atoms with Crippen LogP contribution in [0.5, 0.6) is 5.75 Å². The van der Waals surface area contributed by atoms with Crippen LogP contribution in [-0.2, 0) is 13.3 Å². The van der Waals surface area contributed by atoms with E-state index in [1.807, 2.05) is 24.3 Å². The van der Waals surface area contributed by atoms with Crippen molar-refractivity contribution in [2.45, 2.75) is 13.3 Å². The summed E-state index contributed by atoms with van der Waals surface area (Å²) in [4.78, 5) is 12.4. The summed E-state index contributed by atoms with van der Waals surface area (Å²) < 4.78 is 8.88. The lowest BCUT2D eigenvalue weighted by Gasteiger charge is -2.06. The molecule has 0 bridgehead atoms. The molecule has 2 heterocycles. The highest BCUT2D eigenvalue weighted by atomic mass is 35.5. The quantitative estimate of drug-likeness (QED) is 0.450. The average Bonchev–Trinajstić information content (AvgIpc) is 3.39. The maximum Gasteiger partial charge on any atom is 0.277 e. The van der Waals surface area contributed by atoms with E-state index in [-0.39, 0.29) is 18.3 Å². The third-order valence-electron chi connectivity index (χ3n) is 4.19. The Balaban J connectivity index is 1.32. The first-order valence-corrected chi connectivity index (χ1v) is 9.82. The molecule has 1 N–H and O–H groups in total. The van der Waals surface area contributed by atoms with Gasteiger partial charge >= 0.3 is 0 Å². The molecule has 0 radical (unpaired) electrons. The van der Waals surface area contributed by atoms with E-state index in [1.165, 1.54) is 4.68 Å². The molecule has 0 aliphatic heterocycles. The number of benzene rings is 2. The van der Waals surface area contributed by atoms with Crippen LogP contribution in [0.4, 0.5) is 5.82 Å². The lowest BCUT2D eigenvalue weighted by molar-refractivity contribution is 0.101. The maximum absolute atomic E-state index is 12.4. The monoisotopic (exact) mass is 441 g/mol. The Hall–Kier alpha value is -3.29. The molecule has 0 atom stereocenters. The van der Waals surface area contributed by atoms with E-state index in [0.717, 1.165) is 5.56 Å². The SMILES string of the molecule is O=C(Nc1ccn(Cc2ccc(Cl)cc2)n1)c1ccn(COc2ccc(Cl)cc2)n1. The van der Waals surface area contributed by atoms with Crippen LogP contribution in [0.25, 0.3) is 0 Å². The predicted octanol–water partition coefficient (Wildman–Crippen LogP) is 4.72. The van der Waals surface area contributed by atoms with Crippen LogP contribution in [0.1, 0.15) is 16.1 Å². The van der Waals surface area contributed by atoms with Gasteiger partial charge in [-0.05, 0) is 48.0 Å². The topological polar surface area (TPSA) is 74.0 Å². The van der Waals surface area contributed by atoms with Crippen molar-refractivity contribution in [3.63, 3.8) is 0 Å². The van der Waals surface area contributed by atoms with Crippen molar-refractivity contribution in [1.82, 2.24) is 19.6 Å². The third-order valence-corrected chi connectivity index (χ3v) is 4.69. The van der Waals surface area contributed by atoms with Crippen molar-refractivity contribution in [3.8, 4) is 5.75 Å². The number of hydrogen-bond acceptors (Lipinski definition) is 4. The van der Waals surface area contributed by atoms with Gasteiger partial charge in [-0.25, -0.2) is 4.68 Å². The molecule has 0 aliphatic rings. The molecule has 30 heavy (non-hydrogen) atoms. The molecule has 4 rings (SSSR count). The second kappa shape index (κ2) is 9.02. The molecule has 4 aromatic rings. The standard InChI is InChI=1S/C21H17Cl2N5O2/c22-16-3-1-15(2-4-16)13-27-12-10-20(26-27)24-21(29)19-9-11-28(25-19)14-30-18-7-5-17(23)6-8-18/h1-12H,13-14H2,(H,24,26,29). The lowest BCUT2D eigenvalue weighted by Crippen LogP contribution is -2.15. The zero-order valence-corrected chi connectivity index (χ0v) is 17.2. The molecule has 2 aromatic carbocycles. The van der Waals surface area contributed by atoms with Gasteiger partial charge in [0.05, 0.1) is 6.54 Å². The molecule has 0 saturated heterocycles. The zero-order valence-electron chi connectivity index (χ0n) is 15.7. The number of carbonyl (C=O) groups excluding carboxylic acids is 1. The molecule has 0 fully saturated rings. The van der Waals surface area contributed by atoms with Gasteiger partial charge in [-0.3, -0.25) is 9.48 Å². The summed E-state index contributed by atoms with van der Waals surface area (Å²) in [6, 6.07) is 17.9. The van der Waals surface area contributed by atoms with E-state index in [0.29, 0.717) is 28.2 Å². The summed E-state index contributed by atoms with van der Waals surface area (Å²) in [6.45, 7) is 0.744. The molecule has 0 spiro atoms. The van der Waals surface area contributed by atoms with Crippen LogP contribution < -0.4 is 10.1 Å². The van der Waals surface area contributed by atoms with Crippen molar-refractivity contribution in [1.29, 1.82) is 0 Å². The molecule has 152 valence electrons. The van der Waals surface area contributed by atoms with Gasteiger partial charge in [0.1, 0.15) is 5.75 Å². The predicted molar refractivity (Wildman–Crippen MR) is 115 cm³/mol. The summed E-state index contributed by atoms with van der Waals surface area (Å²) in [5.74, 6) is 0.755. The smallest absolute Gasteiger partial charge is 0.277 e. The Morgan fingerprint density at radius 3 is 2.27 bits per heavy atom. The summed E-state index contributed by atoms with van der Waals surface area (Å²) in [6.07, 6.45) is 3.47. The first-order valence-electron chi connectivity index (χ1n) is 9.06. The minimum atomic E-state index is -0.350. The van der Waals surface area contributed by atoms with E-state index in [1.54, 1.807) is 53.5 Å². The van der Waals surface area contributed by atoms with Crippen LogP contribution in [0, 0.1) is 0 Å². The van der Waals surface area contributed by atoms with Gasteiger partial charge in [0.25, 0.3) is 5.91 Å². The van der Waals surface area contributed by atoms with Crippen LogP contribution in [-0.4, -0.2) is 25.5 Å². The minimum absolute atomic E-state index is 0.171. The normalized spacial score (nSPS) is 10.7. The number of halogens is 2. The second-order valence-electron chi connectivity index (χ2n) is 6.45. The molecule has 0 saturated carbocycles. The molecule has 0 unspecified atom stereocenters. The number of ether oxygens (including phenoxy) is 1. The van der Waals surface area contributed by atoms with Crippen LogP contribution >= 0.6 is 23.2 Å². The van der Waals surface area contributed by atoms with Crippen molar-refractivity contribution in [3.05, 3.63) is 94.4 Å². The van der Waals surface area contributed by atoms with E-state index >= 15 is 0 Å². The number of nitrogens with one attached hydrogen (secondary N) is 1. The van der Waals surface area contributed by atoms with Crippen molar-refractivity contribution in [2.75, 3.05) is 5.32 Å². The number of aromatic nitrogens is 4. The van der Waals surface area contributed by atoms with Crippen molar-refractivity contribution >= 4 is 34.9 Å². The van der Waals surface area contributed by atoms with Gasteiger partial charge in [0, 0.05) is 28.5 Å². The van der Waals surface area contributed by atoms with Crippen LogP contribution in [0.2, 0.25) is 10.0 Å². The van der Waals surface area contributed by atoms with E-state index in [2.05, 4.69) is 15.5 Å². The highest BCUT2D eigenvalue weighted by Gasteiger charge is 2.12. The summed E-state index contributed by atoms with van der Waals surface area (Å²) in [5, 5.41) is 12.7.